The van der Waals surface area contributed by atoms with E-state index in [4.69, 9.17) is 4.52 Å². The Bertz CT molecular complexity index is 1420. The smallest absolute Gasteiger partial charge is 0.231 e. The fourth-order valence-electron chi connectivity index (χ4n) is 5.03. The zero-order valence-corrected chi connectivity index (χ0v) is 21.8. The van der Waals surface area contributed by atoms with Gasteiger partial charge in [-0.3, -0.25) is 4.79 Å². The summed E-state index contributed by atoms with van der Waals surface area (Å²) < 4.78 is 23.0. The molecule has 0 atom stereocenters. The molecule has 0 N–H and O–H groups in total. The van der Waals surface area contributed by atoms with E-state index in [9.17, 15) is 4.79 Å². The molecule has 1 aliphatic heterocycles. The van der Waals surface area contributed by atoms with Gasteiger partial charge in [-0.05, 0) is 30.7 Å². The number of hydrogen-bond donors (Lipinski definition) is 0. The lowest BCUT2D eigenvalue weighted by molar-refractivity contribution is 0.312. The lowest BCUT2D eigenvalue weighted by Crippen LogP contribution is -2.44. The molecule has 2 aromatic carbocycles. The van der Waals surface area contributed by atoms with Crippen LogP contribution in [-0.4, -0.2) is 52.8 Å². The number of aromatic nitrogens is 3. The maximum Gasteiger partial charge on any atom is 0.231 e. The third kappa shape index (κ3) is 5.30. The van der Waals surface area contributed by atoms with Crippen LogP contribution < -0.4 is 10.3 Å². The minimum Gasteiger partial charge on any atom is -0.367 e. The third-order valence-corrected chi connectivity index (χ3v) is 7.51. The Morgan fingerprint density at radius 2 is 1.78 bits per heavy atom. The monoisotopic (exact) mass is 503 g/mol. The molecule has 37 heavy (non-hydrogen) atoms. The molecule has 0 unspecified atom stereocenters. The molecule has 4 aromatic rings. The normalized spacial score (nSPS) is 14.7. The summed E-state index contributed by atoms with van der Waals surface area (Å²) in [6, 6.07) is 13.1. The molecule has 2 aromatic heterocycles. The van der Waals surface area contributed by atoms with Gasteiger partial charge < -0.3 is 18.9 Å². The molecule has 8 heteroatoms. The molecular weight excluding hydrogens is 469 g/mol. The summed E-state index contributed by atoms with van der Waals surface area (Å²) in [6.45, 7) is 8.32. The fraction of sp³-hybridized carbons (Fsp3) is 0.414. The first-order valence-electron chi connectivity index (χ1n) is 13.1. The maximum absolute atomic E-state index is 15.4. The molecule has 194 valence electrons. The zero-order valence-electron chi connectivity index (χ0n) is 21.8. The molecule has 0 amide bonds. The van der Waals surface area contributed by atoms with Crippen molar-refractivity contribution < 1.29 is 8.91 Å². The number of rotatable bonds is 8. The quantitative estimate of drug-likeness (QED) is 0.338. The van der Waals surface area contributed by atoms with E-state index >= 15 is 4.39 Å². The summed E-state index contributed by atoms with van der Waals surface area (Å²) in [4.78, 5) is 22.5. The molecule has 0 aliphatic carbocycles. The van der Waals surface area contributed by atoms with Gasteiger partial charge in [0.1, 0.15) is 5.82 Å². The zero-order chi connectivity index (χ0) is 25.9. The van der Waals surface area contributed by atoms with Crippen LogP contribution >= 0.6 is 0 Å². The molecule has 0 spiro atoms. The van der Waals surface area contributed by atoms with Crippen LogP contribution in [0.1, 0.15) is 38.1 Å². The van der Waals surface area contributed by atoms with Crippen molar-refractivity contribution in [1.29, 1.82) is 0 Å². The Balaban J connectivity index is 1.59. The number of pyridine rings is 1. The molecule has 1 aliphatic rings. The van der Waals surface area contributed by atoms with Crippen molar-refractivity contribution in [2.75, 3.05) is 38.1 Å². The van der Waals surface area contributed by atoms with Gasteiger partial charge in [-0.1, -0.05) is 62.2 Å². The molecule has 7 nitrogen and oxygen atoms in total. The summed E-state index contributed by atoms with van der Waals surface area (Å²) in [5, 5.41) is 4.47. The van der Waals surface area contributed by atoms with Crippen LogP contribution in [0.3, 0.4) is 0 Å². The first-order valence-corrected chi connectivity index (χ1v) is 13.1. The summed E-state index contributed by atoms with van der Waals surface area (Å²) in [7, 11) is 2.08. The van der Waals surface area contributed by atoms with E-state index in [2.05, 4.69) is 45.4 Å². The van der Waals surface area contributed by atoms with Gasteiger partial charge in [-0.2, -0.15) is 4.98 Å². The Morgan fingerprint density at radius 1 is 1.05 bits per heavy atom. The first-order chi connectivity index (χ1) is 18.0. The van der Waals surface area contributed by atoms with Gasteiger partial charge >= 0.3 is 0 Å². The van der Waals surface area contributed by atoms with Crippen molar-refractivity contribution in [1.82, 2.24) is 19.6 Å². The second-order valence-electron chi connectivity index (χ2n) is 9.99. The van der Waals surface area contributed by atoms with Crippen LogP contribution in [0.25, 0.3) is 22.3 Å². The molecule has 0 bridgehead atoms. The highest BCUT2D eigenvalue weighted by atomic mass is 19.1. The molecular formula is C29H34FN5O2. The number of halogens is 1. The average molecular weight is 504 g/mol. The van der Waals surface area contributed by atoms with Crippen molar-refractivity contribution in [2.45, 2.75) is 39.7 Å². The van der Waals surface area contributed by atoms with Crippen LogP contribution in [0.15, 0.2) is 58.0 Å². The maximum atomic E-state index is 15.4. The van der Waals surface area contributed by atoms with Gasteiger partial charge in [0.25, 0.3) is 0 Å². The van der Waals surface area contributed by atoms with Crippen molar-refractivity contribution >= 4 is 16.6 Å². The predicted octanol–water partition coefficient (Wildman–Crippen LogP) is 4.97. The number of piperazine rings is 1. The van der Waals surface area contributed by atoms with Crippen LogP contribution in [0.5, 0.6) is 0 Å². The van der Waals surface area contributed by atoms with Gasteiger partial charge in [-0.15, -0.1) is 0 Å². The third-order valence-electron chi connectivity index (χ3n) is 7.51. The van der Waals surface area contributed by atoms with E-state index in [1.54, 1.807) is 0 Å². The predicted molar refractivity (Wildman–Crippen MR) is 144 cm³/mol. The van der Waals surface area contributed by atoms with Crippen molar-refractivity contribution in [2.24, 2.45) is 5.92 Å². The van der Waals surface area contributed by atoms with Gasteiger partial charge in [-0.25, -0.2) is 4.39 Å². The second kappa shape index (κ2) is 10.8. The van der Waals surface area contributed by atoms with Crippen molar-refractivity contribution in [3.8, 4) is 11.4 Å². The summed E-state index contributed by atoms with van der Waals surface area (Å²) in [5.41, 5.74) is 2.38. The summed E-state index contributed by atoms with van der Waals surface area (Å²) >= 11 is 0. The summed E-state index contributed by atoms with van der Waals surface area (Å²) in [5.74, 6) is 0.719. The fourth-order valence-corrected chi connectivity index (χ4v) is 5.03. The number of likely N-dealkylation sites (N-methyl/N-ethyl adjacent to an activating group) is 1. The molecule has 3 heterocycles. The average Bonchev–Trinajstić information content (AvgIpc) is 3.37. The Morgan fingerprint density at radius 3 is 2.49 bits per heavy atom. The van der Waals surface area contributed by atoms with E-state index in [-0.39, 0.29) is 17.1 Å². The van der Waals surface area contributed by atoms with E-state index in [0.29, 0.717) is 34.9 Å². The standard InChI is InChI=1S/C29H34FN5O2/c1-4-20(5-2)18-35-19-23(29-31-27(37-32-29)15-21-9-7-6-8-10-21)28(36)22-16-24(30)26(17-25(22)35)34-13-11-33(3)12-14-34/h6-10,16-17,19-20H,4-5,11-15,18H2,1-3H3. The van der Waals surface area contributed by atoms with E-state index in [0.717, 1.165) is 56.6 Å². The topological polar surface area (TPSA) is 67.4 Å². The van der Waals surface area contributed by atoms with Crippen LogP contribution in [-0.2, 0) is 13.0 Å². The minimum absolute atomic E-state index is 0.236. The highest BCUT2D eigenvalue weighted by Crippen LogP contribution is 2.28. The number of anilines is 1. The lowest BCUT2D eigenvalue weighted by atomic mass is 10.0. The number of fused-ring (bicyclic) bond motifs is 1. The SMILES string of the molecule is CCC(CC)Cn1cc(-c2noc(Cc3ccccc3)n2)c(=O)c2cc(F)c(N3CCN(C)CC3)cc21. The van der Waals surface area contributed by atoms with Crippen molar-refractivity contribution in [3.05, 3.63) is 76.2 Å². The van der Waals surface area contributed by atoms with Gasteiger partial charge in [0.05, 0.1) is 23.2 Å². The van der Waals surface area contributed by atoms with E-state index < -0.39 is 0 Å². The van der Waals surface area contributed by atoms with Gasteiger partial charge in [0, 0.05) is 44.3 Å². The minimum atomic E-state index is -0.377. The number of hydrogen-bond acceptors (Lipinski definition) is 6. The Labute approximate surface area is 216 Å². The Kier molecular flexibility index (Phi) is 7.37. The molecule has 0 radical (unpaired) electrons. The molecule has 1 fully saturated rings. The molecule has 5 rings (SSSR count). The highest BCUT2D eigenvalue weighted by Gasteiger charge is 2.22. The summed E-state index contributed by atoms with van der Waals surface area (Å²) in [6.07, 6.45) is 4.32. The van der Waals surface area contributed by atoms with Crippen LogP contribution in [0.2, 0.25) is 0 Å². The van der Waals surface area contributed by atoms with Crippen LogP contribution in [0, 0.1) is 11.7 Å². The number of benzene rings is 2. The van der Waals surface area contributed by atoms with Gasteiger partial charge in [0.2, 0.25) is 17.1 Å². The van der Waals surface area contributed by atoms with Crippen LogP contribution in [0.4, 0.5) is 10.1 Å². The van der Waals surface area contributed by atoms with E-state index in [1.807, 2.05) is 42.6 Å². The lowest BCUT2D eigenvalue weighted by Gasteiger charge is -2.34. The van der Waals surface area contributed by atoms with Gasteiger partial charge in [0.15, 0.2) is 0 Å². The largest absolute Gasteiger partial charge is 0.367 e. The Hall–Kier alpha value is -3.52. The first kappa shape index (κ1) is 25.1. The highest BCUT2D eigenvalue weighted by molar-refractivity contribution is 5.86. The molecule has 0 saturated carbocycles. The number of nitrogens with zero attached hydrogens (tertiary/aromatic N) is 5. The van der Waals surface area contributed by atoms with Crippen molar-refractivity contribution in [3.63, 3.8) is 0 Å². The molecule has 1 saturated heterocycles. The second-order valence-corrected chi connectivity index (χ2v) is 9.99. The van der Waals surface area contributed by atoms with E-state index in [1.165, 1.54) is 6.07 Å².